The molecule has 4 N–H and O–H groups in total. The smallest absolute Gasteiger partial charge is 0.222 e. The molecule has 0 radical (unpaired) electrons. The van der Waals surface area contributed by atoms with Crippen molar-refractivity contribution in [1.82, 2.24) is 5.32 Å². The third-order valence-corrected chi connectivity index (χ3v) is 10.2. The number of carbonyl (C=O) groups is 1. The summed E-state index contributed by atoms with van der Waals surface area (Å²) in [7, 11) is 0. The van der Waals surface area contributed by atoms with Crippen molar-refractivity contribution in [2.45, 2.75) is 244 Å². The second kappa shape index (κ2) is 41.3. The second-order valence-electron chi connectivity index (χ2n) is 15.3. The van der Waals surface area contributed by atoms with Crippen LogP contribution in [0.1, 0.15) is 226 Å². The Balaban J connectivity index is 3.65. The minimum Gasteiger partial charge on any atom is -0.394 e. The fourth-order valence-corrected chi connectivity index (χ4v) is 6.79. The van der Waals surface area contributed by atoms with Crippen LogP contribution in [0, 0.1) is 0 Å². The van der Waals surface area contributed by atoms with Gasteiger partial charge in [0.25, 0.3) is 0 Å². The Labute approximate surface area is 317 Å². The summed E-state index contributed by atoms with van der Waals surface area (Å²) in [6.07, 6.45) is 51.4. The van der Waals surface area contributed by atoms with Crippen LogP contribution in [0.3, 0.4) is 0 Å². The maximum Gasteiger partial charge on any atom is 0.222 e. The Morgan fingerprint density at radius 2 is 0.941 bits per heavy atom. The van der Waals surface area contributed by atoms with Crippen LogP contribution in [0.4, 0.5) is 0 Å². The van der Waals surface area contributed by atoms with Gasteiger partial charge >= 0.3 is 0 Å². The Kier molecular flexibility index (Phi) is 40.2. The lowest BCUT2D eigenvalue weighted by Gasteiger charge is -2.21. The van der Waals surface area contributed by atoms with Gasteiger partial charge in [0.15, 0.2) is 0 Å². The highest BCUT2D eigenvalue weighted by atomic mass is 16.3. The fraction of sp³-hybridized carbons (Fsp3) is 0.848. The van der Waals surface area contributed by atoms with E-state index in [9.17, 15) is 20.1 Å². The third-order valence-electron chi connectivity index (χ3n) is 10.2. The van der Waals surface area contributed by atoms with Crippen LogP contribution in [0.25, 0.3) is 0 Å². The Morgan fingerprint density at radius 1 is 0.529 bits per heavy atom. The van der Waals surface area contributed by atoms with E-state index in [4.69, 9.17) is 0 Å². The topological polar surface area (TPSA) is 89.8 Å². The maximum atomic E-state index is 12.4. The number of carbonyl (C=O) groups excluding carboxylic acids is 1. The molecule has 0 aliphatic carbocycles. The van der Waals surface area contributed by atoms with Gasteiger partial charge in [-0.15, -0.1) is 0 Å². The maximum absolute atomic E-state index is 12.4. The van der Waals surface area contributed by atoms with Crippen LogP contribution >= 0.6 is 0 Å². The molecule has 1 amide bonds. The first-order valence-electron chi connectivity index (χ1n) is 22.3. The van der Waals surface area contributed by atoms with E-state index in [1.54, 1.807) is 6.08 Å². The van der Waals surface area contributed by atoms with Crippen molar-refractivity contribution in [3.8, 4) is 0 Å². The number of hydrogen-bond acceptors (Lipinski definition) is 4. The van der Waals surface area contributed by atoms with Gasteiger partial charge in [0.05, 0.1) is 31.3 Å². The summed E-state index contributed by atoms with van der Waals surface area (Å²) in [5, 5.41) is 33.3. The van der Waals surface area contributed by atoms with Crippen LogP contribution in [0.2, 0.25) is 0 Å². The zero-order valence-corrected chi connectivity index (χ0v) is 34.0. The monoisotopic (exact) mass is 718 g/mol. The van der Waals surface area contributed by atoms with Gasteiger partial charge < -0.3 is 20.6 Å². The zero-order valence-electron chi connectivity index (χ0n) is 34.0. The number of rotatable bonds is 40. The van der Waals surface area contributed by atoms with Crippen LogP contribution in [-0.2, 0) is 4.79 Å². The molecule has 0 saturated carbocycles. The number of amides is 1. The molecule has 0 saturated heterocycles. The standard InChI is InChI=1S/C46H87NO4/c1-3-5-7-9-11-13-15-17-19-21-22-24-25-27-29-31-33-35-37-39-43(49)41-46(51)47-44(42-48)45(50)40-38-36-34-32-30-28-26-23-20-18-16-14-12-10-8-6-4-2/h5,7,11,13,38,40,43-45,48-50H,3-4,6,8-10,12,14-37,39,41-42H2,1-2H3,(H,47,51)/b7-5-,13-11-,40-38+. The summed E-state index contributed by atoms with van der Waals surface area (Å²) >= 11 is 0. The molecule has 5 nitrogen and oxygen atoms in total. The predicted octanol–water partition coefficient (Wildman–Crippen LogP) is 12.8. The molecule has 0 bridgehead atoms. The molecule has 3 unspecified atom stereocenters. The number of aliphatic hydroxyl groups is 3. The van der Waals surface area contributed by atoms with Crippen molar-refractivity contribution in [3.05, 3.63) is 36.5 Å². The van der Waals surface area contributed by atoms with Gasteiger partial charge in [0.2, 0.25) is 5.91 Å². The molecule has 0 aliphatic heterocycles. The highest BCUT2D eigenvalue weighted by Crippen LogP contribution is 2.16. The lowest BCUT2D eigenvalue weighted by atomic mass is 10.0. The van der Waals surface area contributed by atoms with E-state index in [-0.39, 0.29) is 18.9 Å². The number of nitrogens with one attached hydrogen (secondary N) is 1. The Morgan fingerprint density at radius 3 is 1.39 bits per heavy atom. The molecule has 0 aliphatic rings. The van der Waals surface area contributed by atoms with E-state index in [0.29, 0.717) is 6.42 Å². The minimum absolute atomic E-state index is 0.0133. The van der Waals surface area contributed by atoms with E-state index in [1.807, 2.05) is 6.08 Å². The van der Waals surface area contributed by atoms with Gasteiger partial charge in [-0.05, 0) is 44.9 Å². The quantitative estimate of drug-likeness (QED) is 0.0375. The lowest BCUT2D eigenvalue weighted by molar-refractivity contribution is -0.124. The molecule has 0 aromatic carbocycles. The highest BCUT2D eigenvalue weighted by molar-refractivity contribution is 5.76. The van der Waals surface area contributed by atoms with Gasteiger partial charge in [0, 0.05) is 0 Å². The summed E-state index contributed by atoms with van der Waals surface area (Å²) in [6.45, 7) is 4.12. The molecule has 3 atom stereocenters. The van der Waals surface area contributed by atoms with Gasteiger partial charge in [0.1, 0.15) is 0 Å². The van der Waals surface area contributed by atoms with Crippen molar-refractivity contribution in [1.29, 1.82) is 0 Å². The van der Waals surface area contributed by atoms with E-state index in [0.717, 1.165) is 38.5 Å². The fourth-order valence-electron chi connectivity index (χ4n) is 6.79. The summed E-state index contributed by atoms with van der Waals surface area (Å²) < 4.78 is 0. The van der Waals surface area contributed by atoms with Crippen molar-refractivity contribution in [2.24, 2.45) is 0 Å². The molecule has 5 heteroatoms. The van der Waals surface area contributed by atoms with Gasteiger partial charge in [-0.2, -0.15) is 0 Å². The van der Waals surface area contributed by atoms with Crippen molar-refractivity contribution >= 4 is 5.91 Å². The zero-order chi connectivity index (χ0) is 37.3. The van der Waals surface area contributed by atoms with E-state index < -0.39 is 18.2 Å². The molecule has 300 valence electrons. The average Bonchev–Trinajstić information content (AvgIpc) is 3.12. The van der Waals surface area contributed by atoms with Crippen molar-refractivity contribution < 1.29 is 20.1 Å². The summed E-state index contributed by atoms with van der Waals surface area (Å²) in [4.78, 5) is 12.4. The predicted molar refractivity (Wildman–Crippen MR) is 222 cm³/mol. The molecule has 0 aromatic heterocycles. The summed E-state index contributed by atoms with van der Waals surface area (Å²) in [5.74, 6) is -0.316. The summed E-state index contributed by atoms with van der Waals surface area (Å²) in [5.41, 5.74) is 0. The SMILES string of the molecule is CC/C=C\C/C=C\CCCCCCCCCCCCCCC(O)CC(=O)NC(CO)C(O)/C=C/CCCCCCCCCCCCCCCCC. The summed E-state index contributed by atoms with van der Waals surface area (Å²) in [6, 6.07) is -0.743. The molecule has 0 spiro atoms. The van der Waals surface area contributed by atoms with Crippen molar-refractivity contribution in [2.75, 3.05) is 6.61 Å². The number of allylic oxidation sites excluding steroid dienone is 5. The van der Waals surface area contributed by atoms with Gasteiger partial charge in [-0.3, -0.25) is 4.79 Å². The lowest BCUT2D eigenvalue weighted by Crippen LogP contribution is -2.45. The Hall–Kier alpha value is -1.43. The normalized spacial score (nSPS) is 13.9. The van der Waals surface area contributed by atoms with E-state index in [2.05, 4.69) is 43.5 Å². The molecule has 0 fully saturated rings. The van der Waals surface area contributed by atoms with Crippen LogP contribution in [0.5, 0.6) is 0 Å². The van der Waals surface area contributed by atoms with Gasteiger partial charge in [-0.1, -0.05) is 211 Å². The first-order valence-corrected chi connectivity index (χ1v) is 22.3. The molecular formula is C46H87NO4. The number of unbranched alkanes of at least 4 members (excludes halogenated alkanes) is 27. The number of hydrogen-bond donors (Lipinski definition) is 4. The van der Waals surface area contributed by atoms with Crippen LogP contribution < -0.4 is 5.32 Å². The average molecular weight is 718 g/mol. The molecule has 0 heterocycles. The van der Waals surface area contributed by atoms with Gasteiger partial charge in [-0.25, -0.2) is 0 Å². The first-order chi connectivity index (χ1) is 25.0. The Bertz CT molecular complexity index is 794. The third kappa shape index (κ3) is 38.1. The van der Waals surface area contributed by atoms with Crippen molar-refractivity contribution in [3.63, 3.8) is 0 Å². The minimum atomic E-state index is -0.928. The van der Waals surface area contributed by atoms with Crippen LogP contribution in [0.15, 0.2) is 36.5 Å². The first kappa shape index (κ1) is 49.6. The molecule has 0 rings (SSSR count). The second-order valence-corrected chi connectivity index (χ2v) is 15.3. The molecule has 0 aromatic rings. The van der Waals surface area contributed by atoms with E-state index >= 15 is 0 Å². The molecular weight excluding hydrogens is 631 g/mol. The molecule has 51 heavy (non-hydrogen) atoms. The largest absolute Gasteiger partial charge is 0.394 e. The van der Waals surface area contributed by atoms with Crippen LogP contribution in [-0.4, -0.2) is 46.1 Å². The highest BCUT2D eigenvalue weighted by Gasteiger charge is 2.20. The number of aliphatic hydroxyl groups excluding tert-OH is 3. The van der Waals surface area contributed by atoms with E-state index in [1.165, 1.54) is 161 Å².